The minimum Gasteiger partial charge on any atom is -0.309 e. The highest BCUT2D eigenvalue weighted by atomic mass is 32.1. The fraction of sp³-hybridized carbons (Fsp3) is 0.412. The zero-order chi connectivity index (χ0) is 14.1. The third-order valence-electron chi connectivity index (χ3n) is 4.13. The van der Waals surface area contributed by atoms with Gasteiger partial charge in [0.15, 0.2) is 0 Å². The van der Waals surface area contributed by atoms with Gasteiger partial charge in [0, 0.05) is 9.75 Å². The monoisotopic (exact) mass is 289 g/mol. The highest BCUT2D eigenvalue weighted by Crippen LogP contribution is 2.36. The van der Waals surface area contributed by atoms with Crippen molar-refractivity contribution in [3.8, 4) is 0 Å². The van der Waals surface area contributed by atoms with Gasteiger partial charge in [0.05, 0.1) is 6.04 Å². The van der Waals surface area contributed by atoms with E-state index in [1.807, 2.05) is 31.4 Å². The molecular formula is C17H20FNS. The molecule has 3 rings (SSSR count). The number of nitrogens with one attached hydrogen (secondary N) is 1. The van der Waals surface area contributed by atoms with Crippen molar-refractivity contribution in [2.75, 3.05) is 7.05 Å². The summed E-state index contributed by atoms with van der Waals surface area (Å²) in [6.07, 6.45) is 5.05. The second-order valence-electron chi connectivity index (χ2n) is 5.53. The Bertz CT molecular complexity index is 594. The van der Waals surface area contributed by atoms with E-state index in [1.54, 1.807) is 17.0 Å². The van der Waals surface area contributed by atoms with Gasteiger partial charge in [0.25, 0.3) is 0 Å². The quantitative estimate of drug-likeness (QED) is 0.884. The van der Waals surface area contributed by atoms with Gasteiger partial charge in [-0.05, 0) is 74.5 Å². The minimum atomic E-state index is -0.161. The molecule has 0 spiro atoms. The van der Waals surface area contributed by atoms with Crippen LogP contribution in [0.5, 0.6) is 0 Å². The molecule has 1 atom stereocenters. The first-order chi connectivity index (χ1) is 9.69. The summed E-state index contributed by atoms with van der Waals surface area (Å²) in [5.74, 6) is -0.161. The highest BCUT2D eigenvalue weighted by molar-refractivity contribution is 7.12. The summed E-state index contributed by atoms with van der Waals surface area (Å²) in [5, 5.41) is 3.39. The molecule has 0 saturated heterocycles. The molecule has 2 aromatic rings. The Morgan fingerprint density at radius 2 is 2.00 bits per heavy atom. The Morgan fingerprint density at radius 1 is 1.20 bits per heavy atom. The van der Waals surface area contributed by atoms with Crippen molar-refractivity contribution >= 4 is 11.3 Å². The summed E-state index contributed by atoms with van der Waals surface area (Å²) in [6.45, 7) is 1.98. The van der Waals surface area contributed by atoms with Crippen LogP contribution in [-0.2, 0) is 12.8 Å². The standard InChI is InChI=1S/C17H20FNS/c1-11-9-13(18)7-8-14(11)17(19-2)16-10-12-5-3-4-6-15(12)20-16/h7-10,17,19H,3-6H2,1-2H3. The topological polar surface area (TPSA) is 12.0 Å². The number of thiophene rings is 1. The molecule has 0 bridgehead atoms. The number of fused-ring (bicyclic) bond motifs is 1. The lowest BCUT2D eigenvalue weighted by Gasteiger charge is -2.17. The molecular weight excluding hydrogens is 269 g/mol. The molecule has 1 aliphatic carbocycles. The number of rotatable bonds is 3. The lowest BCUT2D eigenvalue weighted by atomic mass is 9.96. The molecule has 106 valence electrons. The van der Waals surface area contributed by atoms with Crippen LogP contribution in [-0.4, -0.2) is 7.05 Å². The number of hydrogen-bond donors (Lipinski definition) is 1. The van der Waals surface area contributed by atoms with E-state index in [0.717, 1.165) is 5.56 Å². The van der Waals surface area contributed by atoms with E-state index < -0.39 is 0 Å². The molecule has 1 aromatic heterocycles. The van der Waals surface area contributed by atoms with E-state index in [0.29, 0.717) is 0 Å². The summed E-state index contributed by atoms with van der Waals surface area (Å²) in [5.41, 5.74) is 3.71. The van der Waals surface area contributed by atoms with Crippen LogP contribution in [0.2, 0.25) is 0 Å². The number of halogens is 1. The Balaban J connectivity index is 1.98. The minimum absolute atomic E-state index is 0.161. The fourth-order valence-electron chi connectivity index (χ4n) is 3.07. The van der Waals surface area contributed by atoms with Crippen LogP contribution in [0.3, 0.4) is 0 Å². The van der Waals surface area contributed by atoms with E-state index in [2.05, 4.69) is 11.4 Å². The Labute approximate surface area is 123 Å². The molecule has 1 nitrogen and oxygen atoms in total. The van der Waals surface area contributed by atoms with Crippen LogP contribution < -0.4 is 5.32 Å². The Kier molecular flexibility index (Phi) is 3.90. The van der Waals surface area contributed by atoms with E-state index in [1.165, 1.54) is 41.7 Å². The average molecular weight is 289 g/mol. The fourth-order valence-corrected chi connectivity index (χ4v) is 4.46. The second kappa shape index (κ2) is 5.66. The smallest absolute Gasteiger partial charge is 0.123 e. The van der Waals surface area contributed by atoms with Crippen molar-refractivity contribution < 1.29 is 4.39 Å². The van der Waals surface area contributed by atoms with Crippen molar-refractivity contribution in [1.29, 1.82) is 0 Å². The van der Waals surface area contributed by atoms with Gasteiger partial charge in [-0.15, -0.1) is 11.3 Å². The van der Waals surface area contributed by atoms with Gasteiger partial charge in [-0.3, -0.25) is 0 Å². The SMILES string of the molecule is CNC(c1cc2c(s1)CCCC2)c1ccc(F)cc1C. The maximum atomic E-state index is 13.3. The normalized spacial score (nSPS) is 15.9. The molecule has 0 aliphatic heterocycles. The van der Waals surface area contributed by atoms with E-state index in [9.17, 15) is 4.39 Å². The van der Waals surface area contributed by atoms with Crippen molar-refractivity contribution in [2.45, 2.75) is 38.6 Å². The van der Waals surface area contributed by atoms with Crippen LogP contribution in [0.4, 0.5) is 4.39 Å². The predicted octanol–water partition coefficient (Wildman–Crippen LogP) is 4.38. The van der Waals surface area contributed by atoms with Gasteiger partial charge in [-0.25, -0.2) is 4.39 Å². The molecule has 3 heteroatoms. The van der Waals surface area contributed by atoms with Crippen molar-refractivity contribution in [2.24, 2.45) is 0 Å². The van der Waals surface area contributed by atoms with Crippen LogP contribution in [0, 0.1) is 12.7 Å². The molecule has 1 unspecified atom stereocenters. The molecule has 1 aliphatic rings. The Hall–Kier alpha value is -1.19. The van der Waals surface area contributed by atoms with Gasteiger partial charge in [-0.2, -0.15) is 0 Å². The van der Waals surface area contributed by atoms with E-state index in [-0.39, 0.29) is 11.9 Å². The molecule has 1 aromatic carbocycles. The number of hydrogen-bond acceptors (Lipinski definition) is 2. The van der Waals surface area contributed by atoms with Crippen LogP contribution in [0.1, 0.15) is 45.3 Å². The maximum Gasteiger partial charge on any atom is 0.123 e. The van der Waals surface area contributed by atoms with E-state index in [4.69, 9.17) is 0 Å². The average Bonchev–Trinajstić information content (AvgIpc) is 2.85. The largest absolute Gasteiger partial charge is 0.309 e. The lowest BCUT2D eigenvalue weighted by molar-refractivity contribution is 0.622. The Morgan fingerprint density at radius 3 is 2.70 bits per heavy atom. The van der Waals surface area contributed by atoms with Gasteiger partial charge in [0.2, 0.25) is 0 Å². The molecule has 20 heavy (non-hydrogen) atoms. The first-order valence-corrected chi connectivity index (χ1v) is 8.05. The van der Waals surface area contributed by atoms with E-state index >= 15 is 0 Å². The van der Waals surface area contributed by atoms with Crippen molar-refractivity contribution in [1.82, 2.24) is 5.32 Å². The second-order valence-corrected chi connectivity index (χ2v) is 6.70. The van der Waals surface area contributed by atoms with Gasteiger partial charge in [-0.1, -0.05) is 6.07 Å². The van der Waals surface area contributed by atoms with Crippen LogP contribution in [0.25, 0.3) is 0 Å². The third kappa shape index (κ3) is 2.52. The zero-order valence-electron chi connectivity index (χ0n) is 12.0. The third-order valence-corrected chi connectivity index (χ3v) is 5.43. The van der Waals surface area contributed by atoms with Gasteiger partial charge >= 0.3 is 0 Å². The van der Waals surface area contributed by atoms with Gasteiger partial charge < -0.3 is 5.32 Å². The van der Waals surface area contributed by atoms with Crippen LogP contribution >= 0.6 is 11.3 Å². The zero-order valence-corrected chi connectivity index (χ0v) is 12.8. The summed E-state index contributed by atoms with van der Waals surface area (Å²) in [6, 6.07) is 7.60. The predicted molar refractivity (Wildman–Crippen MR) is 83.0 cm³/mol. The lowest BCUT2D eigenvalue weighted by Crippen LogP contribution is -2.17. The summed E-state index contributed by atoms with van der Waals surface area (Å²) in [7, 11) is 1.98. The molecule has 1 N–H and O–H groups in total. The summed E-state index contributed by atoms with van der Waals surface area (Å²) in [4.78, 5) is 2.90. The molecule has 0 saturated carbocycles. The first kappa shape index (κ1) is 13.8. The van der Waals surface area contributed by atoms with Crippen LogP contribution in [0.15, 0.2) is 24.3 Å². The first-order valence-electron chi connectivity index (χ1n) is 7.24. The van der Waals surface area contributed by atoms with Gasteiger partial charge in [0.1, 0.15) is 5.82 Å². The summed E-state index contributed by atoms with van der Waals surface area (Å²) >= 11 is 1.92. The highest BCUT2D eigenvalue weighted by Gasteiger charge is 2.20. The molecule has 0 amide bonds. The molecule has 1 heterocycles. The maximum absolute atomic E-state index is 13.3. The van der Waals surface area contributed by atoms with Crippen molar-refractivity contribution in [3.63, 3.8) is 0 Å². The molecule has 0 radical (unpaired) electrons. The molecule has 0 fully saturated rings. The number of benzene rings is 1. The number of aryl methyl sites for hydroxylation is 3. The summed E-state index contributed by atoms with van der Waals surface area (Å²) < 4.78 is 13.3. The van der Waals surface area contributed by atoms with Crippen molar-refractivity contribution in [3.05, 3.63) is 56.5 Å².